The zero-order valence-electron chi connectivity index (χ0n) is 16.6. The first-order valence-electron chi connectivity index (χ1n) is 9.70. The average molecular weight is 374 g/mol. The Kier molecular flexibility index (Phi) is 6.56. The number of hydrogen-bond acceptors (Lipinski definition) is 3. The number of nitrogens with zero attached hydrogens (tertiary/aromatic N) is 1. The van der Waals surface area contributed by atoms with E-state index in [1.54, 1.807) is 19.4 Å². The number of nitrogens with one attached hydrogen (secondary N) is 2. The molecule has 2 unspecified atom stereocenters. The highest BCUT2D eigenvalue weighted by molar-refractivity contribution is 5.95. The minimum absolute atomic E-state index is 0.0737. The van der Waals surface area contributed by atoms with Crippen LogP contribution in [0, 0.1) is 0 Å². The highest BCUT2D eigenvalue weighted by atomic mass is 16.2. The van der Waals surface area contributed by atoms with Gasteiger partial charge in [0.2, 0.25) is 5.91 Å². The number of aromatic nitrogens is 1. The first kappa shape index (κ1) is 19.8. The Hall–Kier alpha value is -2.98. The lowest BCUT2D eigenvalue weighted by molar-refractivity contribution is -0.118. The van der Waals surface area contributed by atoms with E-state index in [1.165, 1.54) is 5.56 Å². The minimum Gasteiger partial charge on any atom is -0.324 e. The van der Waals surface area contributed by atoms with Crippen LogP contribution in [0.2, 0.25) is 0 Å². The number of amides is 1. The van der Waals surface area contributed by atoms with Crippen LogP contribution >= 0.6 is 0 Å². The van der Waals surface area contributed by atoms with Crippen molar-refractivity contribution in [2.45, 2.75) is 32.2 Å². The van der Waals surface area contributed by atoms with Crippen LogP contribution in [0.1, 0.15) is 43.4 Å². The molecule has 0 saturated carbocycles. The summed E-state index contributed by atoms with van der Waals surface area (Å²) in [6.45, 7) is 4.40. The maximum Gasteiger partial charge on any atom is 0.246 e. The van der Waals surface area contributed by atoms with Gasteiger partial charge in [-0.25, -0.2) is 0 Å². The maximum atomic E-state index is 12.8. The Morgan fingerprint density at radius 3 is 2.04 bits per heavy atom. The Morgan fingerprint density at radius 2 is 1.46 bits per heavy atom. The average Bonchev–Trinajstić information content (AvgIpc) is 2.75. The van der Waals surface area contributed by atoms with Crippen molar-refractivity contribution in [1.29, 1.82) is 0 Å². The summed E-state index contributed by atoms with van der Waals surface area (Å²) in [5, 5.41) is 6.12. The van der Waals surface area contributed by atoms with Gasteiger partial charge in [-0.1, -0.05) is 50.2 Å². The molecule has 2 N–H and O–H groups in total. The van der Waals surface area contributed by atoms with E-state index in [4.69, 9.17) is 0 Å². The van der Waals surface area contributed by atoms with Crippen LogP contribution in [-0.2, 0) is 4.79 Å². The van der Waals surface area contributed by atoms with Gasteiger partial charge in [-0.2, -0.15) is 0 Å². The lowest BCUT2D eigenvalue weighted by atomic mass is 9.96. The highest BCUT2D eigenvalue weighted by Gasteiger charge is 2.19. The summed E-state index contributed by atoms with van der Waals surface area (Å²) in [7, 11) is 1.80. The molecule has 0 fully saturated rings. The molecule has 144 valence electrons. The number of rotatable bonds is 7. The third-order valence-electron chi connectivity index (χ3n) is 5.17. The van der Waals surface area contributed by atoms with E-state index in [2.05, 4.69) is 41.6 Å². The van der Waals surface area contributed by atoms with Crippen molar-refractivity contribution in [1.82, 2.24) is 10.3 Å². The van der Waals surface area contributed by atoms with Crippen LogP contribution in [0.25, 0.3) is 11.1 Å². The van der Waals surface area contributed by atoms with Gasteiger partial charge in [-0.05, 0) is 65.9 Å². The second-order valence-electron chi connectivity index (χ2n) is 7.00. The summed E-state index contributed by atoms with van der Waals surface area (Å²) in [5.41, 5.74) is 5.22. The van der Waals surface area contributed by atoms with Crippen LogP contribution in [0.3, 0.4) is 0 Å². The van der Waals surface area contributed by atoms with Crippen molar-refractivity contribution in [3.8, 4) is 11.1 Å². The summed E-state index contributed by atoms with van der Waals surface area (Å²) in [6, 6.07) is 19.7. The molecule has 0 aliphatic carbocycles. The standard InChI is InChI=1S/C24H27N3O/c1-4-17(2)18-5-7-21(8-6-18)23(25-3)24(28)27-22-11-9-19(10-12-22)20-13-15-26-16-14-20/h5-17,23,25H,4H2,1-3H3,(H,27,28). The predicted octanol–water partition coefficient (Wildman–Crippen LogP) is 5.16. The van der Waals surface area contributed by atoms with Crippen LogP contribution in [0.4, 0.5) is 5.69 Å². The fourth-order valence-corrected chi connectivity index (χ4v) is 3.21. The van der Waals surface area contributed by atoms with E-state index in [-0.39, 0.29) is 5.91 Å². The molecule has 0 saturated heterocycles. The van der Waals surface area contributed by atoms with Crippen LogP contribution in [-0.4, -0.2) is 17.9 Å². The lowest BCUT2D eigenvalue weighted by Crippen LogP contribution is -2.30. The number of anilines is 1. The van der Waals surface area contributed by atoms with Gasteiger partial charge in [-0.3, -0.25) is 9.78 Å². The molecule has 0 spiro atoms. The molecule has 4 heteroatoms. The number of carbonyl (C=O) groups excluding carboxylic acids is 1. The second kappa shape index (κ2) is 9.29. The highest BCUT2D eigenvalue weighted by Crippen LogP contribution is 2.24. The van der Waals surface area contributed by atoms with Crippen molar-refractivity contribution >= 4 is 11.6 Å². The van der Waals surface area contributed by atoms with Crippen molar-refractivity contribution in [3.63, 3.8) is 0 Å². The van der Waals surface area contributed by atoms with Crippen LogP contribution < -0.4 is 10.6 Å². The van der Waals surface area contributed by atoms with E-state index < -0.39 is 6.04 Å². The maximum absolute atomic E-state index is 12.8. The molecule has 0 bridgehead atoms. The number of likely N-dealkylation sites (N-methyl/N-ethyl adjacent to an activating group) is 1. The SMILES string of the molecule is CCC(C)c1ccc(C(NC)C(=O)Nc2ccc(-c3ccncc3)cc2)cc1. The van der Waals surface area contributed by atoms with Gasteiger partial charge >= 0.3 is 0 Å². The molecule has 28 heavy (non-hydrogen) atoms. The molecule has 4 nitrogen and oxygen atoms in total. The molecule has 1 heterocycles. The fourth-order valence-electron chi connectivity index (χ4n) is 3.21. The zero-order chi connectivity index (χ0) is 19.9. The molecule has 1 aromatic heterocycles. The van der Waals surface area contributed by atoms with Crippen molar-refractivity contribution in [2.24, 2.45) is 0 Å². The number of carbonyl (C=O) groups is 1. The smallest absolute Gasteiger partial charge is 0.246 e. The topological polar surface area (TPSA) is 54.0 Å². The lowest BCUT2D eigenvalue weighted by Gasteiger charge is -2.18. The number of pyridine rings is 1. The molecule has 1 amide bonds. The Morgan fingerprint density at radius 1 is 0.893 bits per heavy atom. The van der Waals surface area contributed by atoms with Gasteiger partial charge in [0.05, 0.1) is 0 Å². The summed E-state index contributed by atoms with van der Waals surface area (Å²) in [6.07, 6.45) is 4.65. The van der Waals surface area contributed by atoms with E-state index >= 15 is 0 Å². The van der Waals surface area contributed by atoms with Crippen molar-refractivity contribution < 1.29 is 4.79 Å². The van der Waals surface area contributed by atoms with Crippen LogP contribution in [0.5, 0.6) is 0 Å². The number of benzene rings is 2. The zero-order valence-corrected chi connectivity index (χ0v) is 16.6. The fraction of sp³-hybridized carbons (Fsp3) is 0.250. The molecule has 0 aliphatic rings. The van der Waals surface area contributed by atoms with Crippen LogP contribution in [0.15, 0.2) is 73.1 Å². The van der Waals surface area contributed by atoms with E-state index in [0.29, 0.717) is 5.92 Å². The Balaban J connectivity index is 1.70. The third-order valence-corrected chi connectivity index (χ3v) is 5.17. The monoisotopic (exact) mass is 373 g/mol. The molecular weight excluding hydrogens is 346 g/mol. The Labute approximate surface area is 167 Å². The molecule has 2 aromatic carbocycles. The molecule has 2 atom stereocenters. The first-order chi connectivity index (χ1) is 13.6. The summed E-state index contributed by atoms with van der Waals surface area (Å²) in [4.78, 5) is 16.8. The quantitative estimate of drug-likeness (QED) is 0.601. The van der Waals surface area contributed by atoms with E-state index in [1.807, 2.05) is 48.5 Å². The summed E-state index contributed by atoms with van der Waals surface area (Å²) >= 11 is 0. The predicted molar refractivity (Wildman–Crippen MR) is 115 cm³/mol. The van der Waals surface area contributed by atoms with Gasteiger partial charge in [0.25, 0.3) is 0 Å². The van der Waals surface area contributed by atoms with Gasteiger partial charge in [0.1, 0.15) is 6.04 Å². The molecule has 0 aliphatic heterocycles. The van der Waals surface area contributed by atoms with Gasteiger partial charge in [0.15, 0.2) is 0 Å². The molecule has 3 rings (SSSR count). The first-order valence-corrected chi connectivity index (χ1v) is 9.70. The normalized spacial score (nSPS) is 13.0. The van der Waals surface area contributed by atoms with Gasteiger partial charge < -0.3 is 10.6 Å². The summed E-state index contributed by atoms with van der Waals surface area (Å²) in [5.74, 6) is 0.449. The molecule has 0 radical (unpaired) electrons. The van der Waals surface area contributed by atoms with Crippen molar-refractivity contribution in [2.75, 3.05) is 12.4 Å². The molecule has 3 aromatic rings. The number of hydrogen-bond donors (Lipinski definition) is 2. The second-order valence-corrected chi connectivity index (χ2v) is 7.00. The minimum atomic E-state index is -0.397. The summed E-state index contributed by atoms with van der Waals surface area (Å²) < 4.78 is 0. The van der Waals surface area contributed by atoms with Crippen molar-refractivity contribution in [3.05, 3.63) is 84.2 Å². The van der Waals surface area contributed by atoms with E-state index in [0.717, 1.165) is 28.8 Å². The largest absolute Gasteiger partial charge is 0.324 e. The van der Waals surface area contributed by atoms with Gasteiger partial charge in [0, 0.05) is 18.1 Å². The van der Waals surface area contributed by atoms with E-state index in [9.17, 15) is 4.79 Å². The Bertz CT molecular complexity index is 889. The third kappa shape index (κ3) is 4.65. The van der Waals surface area contributed by atoms with Gasteiger partial charge in [-0.15, -0.1) is 0 Å². The molecular formula is C24H27N3O.